The fourth-order valence-electron chi connectivity index (χ4n) is 1.85. The van der Waals surface area contributed by atoms with E-state index in [1.165, 1.54) is 12.0 Å². The zero-order valence-corrected chi connectivity index (χ0v) is 16.9. The predicted octanol–water partition coefficient (Wildman–Crippen LogP) is 4.51. The first-order valence-corrected chi connectivity index (χ1v) is 8.72. The first kappa shape index (κ1) is 24.3. The van der Waals surface area contributed by atoms with E-state index in [-0.39, 0.29) is 31.2 Å². The first-order chi connectivity index (χ1) is 11.7. The van der Waals surface area contributed by atoms with Crippen molar-refractivity contribution in [3.63, 3.8) is 0 Å². The third-order valence-electron chi connectivity index (χ3n) is 3.83. The van der Waals surface area contributed by atoms with Gasteiger partial charge in [0.15, 0.2) is 0 Å². The van der Waals surface area contributed by atoms with Crippen molar-refractivity contribution in [1.82, 2.24) is 10.4 Å². The Kier molecular flexibility index (Phi) is 9.20. The number of likely N-dealkylation sites (N-methyl/N-ethyl adjacent to an activating group) is 1. The minimum Gasteiger partial charge on any atom is -0.444 e. The molecule has 2 N–H and O–H groups in total. The maximum atomic E-state index is 13.4. The van der Waals surface area contributed by atoms with Gasteiger partial charge in [-0.05, 0) is 41.0 Å². The standard InChI is InChI=1S/C18H33F2N3O3/c1-9-18(19,20)11-10-12(2)14(4)23(8)26-15(21)13(3)22-16(24)25-17(5,6)7/h13-14,21H,2,9-11H2,1,3-8H3,(H,22,24)/t13-,14?/m0/s1. The van der Waals surface area contributed by atoms with Crippen molar-refractivity contribution in [2.45, 2.75) is 84.4 Å². The molecule has 26 heavy (non-hydrogen) atoms. The average Bonchev–Trinajstić information content (AvgIpc) is 2.49. The van der Waals surface area contributed by atoms with Crippen molar-refractivity contribution in [1.29, 1.82) is 5.41 Å². The summed E-state index contributed by atoms with van der Waals surface area (Å²) in [6, 6.07) is -1.08. The molecular formula is C18H33F2N3O3. The van der Waals surface area contributed by atoms with E-state index >= 15 is 0 Å². The lowest BCUT2D eigenvalue weighted by molar-refractivity contribution is -0.0755. The second-order valence-electron chi connectivity index (χ2n) is 7.41. The van der Waals surface area contributed by atoms with Gasteiger partial charge in [0.25, 0.3) is 0 Å². The summed E-state index contributed by atoms with van der Waals surface area (Å²) >= 11 is 0. The Hall–Kier alpha value is -1.70. The van der Waals surface area contributed by atoms with Crippen LogP contribution in [-0.4, -0.2) is 47.7 Å². The molecule has 152 valence electrons. The van der Waals surface area contributed by atoms with Crippen LogP contribution in [0.2, 0.25) is 0 Å². The van der Waals surface area contributed by atoms with Crippen LogP contribution in [0.15, 0.2) is 12.2 Å². The lowest BCUT2D eigenvalue weighted by Gasteiger charge is -2.28. The summed E-state index contributed by atoms with van der Waals surface area (Å²) in [6.07, 6.45) is -0.969. The summed E-state index contributed by atoms with van der Waals surface area (Å²) in [5.41, 5.74) is -0.0580. The number of alkyl halides is 2. The van der Waals surface area contributed by atoms with Crippen molar-refractivity contribution >= 4 is 12.0 Å². The molecule has 0 fully saturated rings. The molecule has 0 aromatic rings. The van der Waals surface area contributed by atoms with E-state index in [0.717, 1.165) is 0 Å². The lowest BCUT2D eigenvalue weighted by atomic mass is 10.0. The van der Waals surface area contributed by atoms with Crippen LogP contribution in [0.4, 0.5) is 13.6 Å². The van der Waals surface area contributed by atoms with E-state index in [4.69, 9.17) is 15.0 Å². The van der Waals surface area contributed by atoms with Crippen molar-refractivity contribution < 1.29 is 23.1 Å². The monoisotopic (exact) mass is 377 g/mol. The maximum absolute atomic E-state index is 13.4. The SMILES string of the molecule is C=C(CCC(F)(F)CC)C(C)N(C)OC(=N)[C@H](C)NC(=O)OC(C)(C)C. The second kappa shape index (κ2) is 9.85. The average molecular weight is 377 g/mol. The lowest BCUT2D eigenvalue weighted by Crippen LogP contribution is -2.45. The summed E-state index contributed by atoms with van der Waals surface area (Å²) in [5, 5.41) is 11.8. The van der Waals surface area contributed by atoms with Gasteiger partial charge in [0.05, 0.1) is 6.04 Å². The third kappa shape index (κ3) is 9.70. The van der Waals surface area contributed by atoms with E-state index in [2.05, 4.69) is 11.9 Å². The third-order valence-corrected chi connectivity index (χ3v) is 3.83. The molecule has 2 atom stereocenters. The van der Waals surface area contributed by atoms with Crippen molar-refractivity contribution in [2.75, 3.05) is 7.05 Å². The quantitative estimate of drug-likeness (QED) is 0.268. The number of hydroxylamine groups is 2. The molecular weight excluding hydrogens is 344 g/mol. The summed E-state index contributed by atoms with van der Waals surface area (Å²) in [5.74, 6) is -2.91. The first-order valence-electron chi connectivity index (χ1n) is 8.72. The van der Waals surface area contributed by atoms with E-state index in [1.807, 2.05) is 0 Å². The van der Waals surface area contributed by atoms with Gasteiger partial charge >= 0.3 is 6.09 Å². The van der Waals surface area contributed by atoms with Crippen molar-refractivity contribution in [2.24, 2.45) is 0 Å². The van der Waals surface area contributed by atoms with E-state index in [9.17, 15) is 13.6 Å². The Balaban J connectivity index is 4.50. The van der Waals surface area contributed by atoms with E-state index < -0.39 is 23.7 Å². The number of nitrogens with zero attached hydrogens (tertiary/aromatic N) is 1. The van der Waals surface area contributed by atoms with Gasteiger partial charge < -0.3 is 14.9 Å². The molecule has 0 rings (SSSR count). The summed E-state index contributed by atoms with van der Waals surface area (Å²) in [6.45, 7) is 13.8. The number of nitrogens with one attached hydrogen (secondary N) is 2. The fourth-order valence-corrected chi connectivity index (χ4v) is 1.85. The van der Waals surface area contributed by atoms with E-state index in [0.29, 0.717) is 5.57 Å². The van der Waals surface area contributed by atoms with Gasteiger partial charge in [0, 0.05) is 19.9 Å². The molecule has 6 nitrogen and oxygen atoms in total. The highest BCUT2D eigenvalue weighted by Gasteiger charge is 2.28. The minimum atomic E-state index is -2.71. The van der Waals surface area contributed by atoms with Gasteiger partial charge in [-0.1, -0.05) is 19.1 Å². The van der Waals surface area contributed by atoms with Crippen LogP contribution in [0.3, 0.4) is 0 Å². The number of carbonyl (C=O) groups excluding carboxylic acids is 1. The molecule has 1 amide bonds. The molecule has 8 heteroatoms. The topological polar surface area (TPSA) is 74.7 Å². The number of halogens is 2. The molecule has 0 aliphatic heterocycles. The summed E-state index contributed by atoms with van der Waals surface area (Å²) in [7, 11) is 1.59. The zero-order chi connectivity index (χ0) is 20.7. The molecule has 0 aliphatic rings. The zero-order valence-electron chi connectivity index (χ0n) is 16.9. The molecule has 0 radical (unpaired) electrons. The van der Waals surface area contributed by atoms with Crippen LogP contribution < -0.4 is 5.32 Å². The molecule has 0 aromatic carbocycles. The number of ether oxygens (including phenoxy) is 1. The Labute approximate surface area is 155 Å². The van der Waals surface area contributed by atoms with Crippen LogP contribution >= 0.6 is 0 Å². The summed E-state index contributed by atoms with van der Waals surface area (Å²) < 4.78 is 31.8. The number of hydrogen-bond donors (Lipinski definition) is 2. The maximum Gasteiger partial charge on any atom is 0.408 e. The largest absolute Gasteiger partial charge is 0.444 e. The second-order valence-corrected chi connectivity index (χ2v) is 7.41. The highest BCUT2D eigenvalue weighted by molar-refractivity contribution is 5.82. The Morgan fingerprint density at radius 2 is 1.85 bits per heavy atom. The normalized spacial score (nSPS) is 14.5. The molecule has 0 heterocycles. The number of alkyl carbamates (subject to hydrolysis) is 1. The van der Waals surface area contributed by atoms with Gasteiger partial charge in [-0.15, -0.1) is 5.06 Å². The number of carbonyl (C=O) groups is 1. The highest BCUT2D eigenvalue weighted by Crippen LogP contribution is 2.27. The Bertz CT molecular complexity index is 504. The smallest absolute Gasteiger partial charge is 0.408 e. The molecule has 0 saturated heterocycles. The van der Waals surface area contributed by atoms with Crippen LogP contribution in [0.1, 0.15) is 60.8 Å². The Morgan fingerprint density at radius 3 is 2.31 bits per heavy atom. The molecule has 1 unspecified atom stereocenters. The fraction of sp³-hybridized carbons (Fsp3) is 0.778. The van der Waals surface area contributed by atoms with Crippen LogP contribution in [0, 0.1) is 5.41 Å². The van der Waals surface area contributed by atoms with E-state index in [1.54, 1.807) is 41.7 Å². The van der Waals surface area contributed by atoms with Crippen molar-refractivity contribution in [3.8, 4) is 0 Å². The molecule has 0 saturated carbocycles. The van der Waals surface area contributed by atoms with Crippen LogP contribution in [0.5, 0.6) is 0 Å². The number of rotatable bonds is 9. The van der Waals surface area contributed by atoms with Crippen LogP contribution in [0.25, 0.3) is 0 Å². The van der Waals surface area contributed by atoms with Gasteiger partial charge in [-0.25, -0.2) is 13.6 Å². The molecule has 0 bridgehead atoms. The van der Waals surface area contributed by atoms with Gasteiger partial charge in [-0.3, -0.25) is 5.41 Å². The highest BCUT2D eigenvalue weighted by atomic mass is 19.3. The Morgan fingerprint density at radius 1 is 1.31 bits per heavy atom. The number of hydrogen-bond acceptors (Lipinski definition) is 5. The van der Waals surface area contributed by atoms with Gasteiger partial charge in [-0.2, -0.15) is 0 Å². The summed E-state index contributed by atoms with van der Waals surface area (Å²) in [4.78, 5) is 17.1. The predicted molar refractivity (Wildman–Crippen MR) is 98.5 cm³/mol. The van der Waals surface area contributed by atoms with Crippen molar-refractivity contribution in [3.05, 3.63) is 12.2 Å². The molecule has 0 aliphatic carbocycles. The number of amides is 1. The van der Waals surface area contributed by atoms with Gasteiger partial charge in [0.2, 0.25) is 11.8 Å². The van der Waals surface area contributed by atoms with Gasteiger partial charge in [0.1, 0.15) is 11.6 Å². The minimum absolute atomic E-state index is 0.161. The van der Waals surface area contributed by atoms with Crippen LogP contribution in [-0.2, 0) is 9.57 Å². The molecule has 0 spiro atoms. The molecule has 0 aromatic heterocycles.